The molecule has 0 saturated heterocycles. The zero-order chi connectivity index (χ0) is 19.6. The molecule has 1 atom stereocenters. The summed E-state index contributed by atoms with van der Waals surface area (Å²) < 4.78 is 10.8. The van der Waals surface area contributed by atoms with Gasteiger partial charge in [-0.05, 0) is 30.2 Å². The first-order chi connectivity index (χ1) is 13.0. The molecule has 0 bridgehead atoms. The van der Waals surface area contributed by atoms with Crippen LogP contribution in [0.15, 0.2) is 54.6 Å². The van der Waals surface area contributed by atoms with Crippen LogP contribution in [0, 0.1) is 5.92 Å². The van der Waals surface area contributed by atoms with Crippen molar-refractivity contribution < 1.29 is 19.1 Å². The summed E-state index contributed by atoms with van der Waals surface area (Å²) >= 11 is 0. The fourth-order valence-electron chi connectivity index (χ4n) is 2.56. The third-order valence-corrected chi connectivity index (χ3v) is 4.00. The molecule has 2 rings (SSSR count). The van der Waals surface area contributed by atoms with Gasteiger partial charge in [0.05, 0.1) is 19.2 Å². The van der Waals surface area contributed by atoms with Crippen molar-refractivity contribution in [1.29, 1.82) is 0 Å². The monoisotopic (exact) mass is 370 g/mol. The number of benzene rings is 2. The van der Waals surface area contributed by atoms with Gasteiger partial charge in [0.2, 0.25) is 5.91 Å². The summed E-state index contributed by atoms with van der Waals surface area (Å²) in [4.78, 5) is 25.1. The first-order valence-corrected chi connectivity index (χ1v) is 8.92. The van der Waals surface area contributed by atoms with E-state index in [1.807, 2.05) is 44.2 Å². The average Bonchev–Trinajstić information content (AvgIpc) is 2.69. The number of carbonyl (C=O) groups excluding carboxylic acids is 2. The van der Waals surface area contributed by atoms with Crippen molar-refractivity contribution in [3.63, 3.8) is 0 Å². The molecule has 0 aliphatic rings. The van der Waals surface area contributed by atoms with E-state index in [-0.39, 0.29) is 17.7 Å². The minimum atomic E-state index is -0.654. The highest BCUT2D eigenvalue weighted by Crippen LogP contribution is 2.17. The number of para-hydroxylation sites is 2. The Bertz CT molecular complexity index is 747. The van der Waals surface area contributed by atoms with E-state index in [9.17, 15) is 9.59 Å². The van der Waals surface area contributed by atoms with Gasteiger partial charge in [-0.3, -0.25) is 9.59 Å². The van der Waals surface area contributed by atoms with Gasteiger partial charge in [0, 0.05) is 0 Å². The molecule has 27 heavy (non-hydrogen) atoms. The number of amides is 2. The summed E-state index contributed by atoms with van der Waals surface area (Å²) in [7, 11) is 1.51. The van der Waals surface area contributed by atoms with Crippen LogP contribution in [-0.2, 0) is 4.79 Å². The van der Waals surface area contributed by atoms with Crippen molar-refractivity contribution in [2.75, 3.05) is 20.3 Å². The van der Waals surface area contributed by atoms with Gasteiger partial charge in [-0.15, -0.1) is 0 Å². The predicted octanol–water partition coefficient (Wildman–Crippen LogP) is 2.64. The van der Waals surface area contributed by atoms with Crippen molar-refractivity contribution >= 4 is 11.8 Å². The molecule has 0 unspecified atom stereocenters. The van der Waals surface area contributed by atoms with E-state index in [2.05, 4.69) is 10.6 Å². The summed E-state index contributed by atoms with van der Waals surface area (Å²) in [6.45, 7) is 4.46. The number of nitrogens with one attached hydrogen (secondary N) is 2. The minimum Gasteiger partial charge on any atom is -0.496 e. The van der Waals surface area contributed by atoms with E-state index < -0.39 is 6.04 Å². The van der Waals surface area contributed by atoms with Crippen LogP contribution in [-0.4, -0.2) is 38.1 Å². The van der Waals surface area contributed by atoms with E-state index in [1.165, 1.54) is 7.11 Å². The lowest BCUT2D eigenvalue weighted by molar-refractivity contribution is -0.124. The van der Waals surface area contributed by atoms with E-state index in [4.69, 9.17) is 9.47 Å². The fraction of sp³-hybridized carbons (Fsp3) is 0.333. The molecule has 0 saturated carbocycles. The van der Waals surface area contributed by atoms with Crippen LogP contribution in [0.3, 0.4) is 0 Å². The molecule has 0 fully saturated rings. The number of ether oxygens (including phenoxy) is 2. The topological polar surface area (TPSA) is 76.7 Å². The molecule has 0 radical (unpaired) electrons. The van der Waals surface area contributed by atoms with Crippen LogP contribution >= 0.6 is 0 Å². The molecule has 2 amide bonds. The predicted molar refractivity (Wildman–Crippen MR) is 104 cm³/mol. The van der Waals surface area contributed by atoms with Crippen LogP contribution in [0.2, 0.25) is 0 Å². The lowest BCUT2D eigenvalue weighted by Crippen LogP contribution is -2.50. The Kier molecular flexibility index (Phi) is 7.67. The molecule has 0 heterocycles. The Labute approximate surface area is 159 Å². The number of rotatable bonds is 9. The highest BCUT2D eigenvalue weighted by atomic mass is 16.5. The standard InChI is InChI=1S/C21H26N2O4/c1-15(2)19(23-20(24)17-11-7-8-12-18(17)26-3)21(25)22-13-14-27-16-9-5-4-6-10-16/h4-12,15,19H,13-14H2,1-3H3,(H,22,25)(H,23,24)/t19-/m0/s1. The Morgan fingerprint density at radius 3 is 2.33 bits per heavy atom. The largest absolute Gasteiger partial charge is 0.496 e. The van der Waals surface area contributed by atoms with Gasteiger partial charge in [-0.1, -0.05) is 44.2 Å². The average molecular weight is 370 g/mol. The molecule has 6 nitrogen and oxygen atoms in total. The van der Waals surface area contributed by atoms with Gasteiger partial charge in [-0.2, -0.15) is 0 Å². The van der Waals surface area contributed by atoms with E-state index in [0.29, 0.717) is 24.5 Å². The van der Waals surface area contributed by atoms with E-state index in [1.54, 1.807) is 24.3 Å². The smallest absolute Gasteiger partial charge is 0.255 e. The van der Waals surface area contributed by atoms with Crippen molar-refractivity contribution in [2.45, 2.75) is 19.9 Å². The molecule has 0 aromatic heterocycles. The molecule has 0 aliphatic heterocycles. The Hall–Kier alpha value is -3.02. The van der Waals surface area contributed by atoms with Crippen LogP contribution in [0.1, 0.15) is 24.2 Å². The normalized spacial score (nSPS) is 11.6. The third kappa shape index (κ3) is 6.02. The minimum absolute atomic E-state index is 0.0706. The quantitative estimate of drug-likeness (QED) is 0.666. The molecule has 0 aliphatic carbocycles. The lowest BCUT2D eigenvalue weighted by atomic mass is 10.0. The van der Waals surface area contributed by atoms with Gasteiger partial charge in [0.25, 0.3) is 5.91 Å². The maximum atomic E-state index is 12.6. The summed E-state index contributed by atoms with van der Waals surface area (Å²) in [6, 6.07) is 15.6. The fourth-order valence-corrected chi connectivity index (χ4v) is 2.56. The lowest BCUT2D eigenvalue weighted by Gasteiger charge is -2.22. The Balaban J connectivity index is 1.89. The highest BCUT2D eigenvalue weighted by Gasteiger charge is 2.25. The Morgan fingerprint density at radius 1 is 1.00 bits per heavy atom. The van der Waals surface area contributed by atoms with Crippen molar-refractivity contribution in [2.24, 2.45) is 5.92 Å². The van der Waals surface area contributed by atoms with E-state index >= 15 is 0 Å². The molecular formula is C21H26N2O4. The van der Waals surface area contributed by atoms with Gasteiger partial charge in [-0.25, -0.2) is 0 Å². The van der Waals surface area contributed by atoms with E-state index in [0.717, 1.165) is 5.75 Å². The first kappa shape index (κ1) is 20.3. The second-order valence-electron chi connectivity index (χ2n) is 6.35. The zero-order valence-electron chi connectivity index (χ0n) is 15.9. The molecule has 0 spiro atoms. The maximum absolute atomic E-state index is 12.6. The SMILES string of the molecule is COc1ccccc1C(=O)N[C@H](C(=O)NCCOc1ccccc1)C(C)C. The molecule has 144 valence electrons. The first-order valence-electron chi connectivity index (χ1n) is 8.92. The highest BCUT2D eigenvalue weighted by molar-refractivity contribution is 5.99. The molecular weight excluding hydrogens is 344 g/mol. The second-order valence-corrected chi connectivity index (χ2v) is 6.35. The maximum Gasteiger partial charge on any atom is 0.255 e. The van der Waals surface area contributed by atoms with Gasteiger partial charge in [0.1, 0.15) is 24.1 Å². The van der Waals surface area contributed by atoms with Crippen LogP contribution < -0.4 is 20.1 Å². The third-order valence-electron chi connectivity index (χ3n) is 4.00. The molecule has 2 aromatic rings. The summed E-state index contributed by atoms with van der Waals surface area (Å²) in [5, 5.41) is 5.60. The van der Waals surface area contributed by atoms with Crippen LogP contribution in [0.5, 0.6) is 11.5 Å². The summed E-state index contributed by atoms with van der Waals surface area (Å²) in [6.07, 6.45) is 0. The van der Waals surface area contributed by atoms with Gasteiger partial charge in [0.15, 0.2) is 0 Å². The molecule has 6 heteroatoms. The molecule has 2 N–H and O–H groups in total. The van der Waals surface area contributed by atoms with Crippen molar-refractivity contribution in [1.82, 2.24) is 10.6 Å². The number of methoxy groups -OCH3 is 1. The van der Waals surface area contributed by atoms with Crippen LogP contribution in [0.25, 0.3) is 0 Å². The number of hydrogen-bond donors (Lipinski definition) is 2. The van der Waals surface area contributed by atoms with Crippen molar-refractivity contribution in [3.05, 3.63) is 60.2 Å². The second kappa shape index (κ2) is 10.2. The number of hydrogen-bond acceptors (Lipinski definition) is 4. The molecule has 2 aromatic carbocycles. The van der Waals surface area contributed by atoms with Gasteiger partial charge >= 0.3 is 0 Å². The van der Waals surface area contributed by atoms with Crippen LogP contribution in [0.4, 0.5) is 0 Å². The zero-order valence-corrected chi connectivity index (χ0v) is 15.9. The Morgan fingerprint density at radius 2 is 1.67 bits per heavy atom. The number of carbonyl (C=O) groups is 2. The summed E-state index contributed by atoms with van der Waals surface area (Å²) in [5.74, 6) is 0.552. The van der Waals surface area contributed by atoms with Crippen molar-refractivity contribution in [3.8, 4) is 11.5 Å². The van der Waals surface area contributed by atoms with Gasteiger partial charge < -0.3 is 20.1 Å². The summed E-state index contributed by atoms with van der Waals surface area (Å²) in [5.41, 5.74) is 0.394.